The molecule has 4 nitrogen and oxygen atoms in total. The average molecular weight is 275 g/mol. The summed E-state index contributed by atoms with van der Waals surface area (Å²) in [5, 5.41) is 9.18. The number of hydrogen-bond donors (Lipinski definition) is 0. The Balaban J connectivity index is 2.20. The fourth-order valence-corrected chi connectivity index (χ4v) is 3.07. The highest BCUT2D eigenvalue weighted by Gasteiger charge is 2.25. The zero-order chi connectivity index (χ0) is 13.4. The number of rotatable bonds is 2. The summed E-state index contributed by atoms with van der Waals surface area (Å²) in [6.45, 7) is 2.09. The van der Waals surface area contributed by atoms with Crippen molar-refractivity contribution in [1.29, 1.82) is 5.26 Å². The maximum atomic E-state index is 9.18. The largest absolute Gasteiger partial charge is 0.322 e. The molecule has 1 saturated heterocycles. The van der Waals surface area contributed by atoms with Gasteiger partial charge in [-0.15, -0.1) is 11.6 Å². The van der Waals surface area contributed by atoms with E-state index in [1.807, 2.05) is 12.1 Å². The zero-order valence-electron chi connectivity index (χ0n) is 10.8. The van der Waals surface area contributed by atoms with Gasteiger partial charge in [0.25, 0.3) is 0 Å². The Labute approximate surface area is 117 Å². The maximum Gasteiger partial charge on any atom is 0.125 e. The summed E-state index contributed by atoms with van der Waals surface area (Å²) in [7, 11) is 2.13. The molecule has 98 valence electrons. The maximum absolute atomic E-state index is 9.18. The topological polar surface area (TPSA) is 44.9 Å². The third-order valence-corrected chi connectivity index (χ3v) is 4.00. The third-order valence-electron chi connectivity index (χ3n) is 3.76. The van der Waals surface area contributed by atoms with Crippen LogP contribution in [0.2, 0.25) is 0 Å². The molecule has 1 aliphatic heterocycles. The lowest BCUT2D eigenvalue weighted by Crippen LogP contribution is -2.17. The predicted octanol–water partition coefficient (Wildman–Crippen LogP) is 2.52. The zero-order valence-corrected chi connectivity index (χ0v) is 11.6. The van der Waals surface area contributed by atoms with E-state index in [4.69, 9.17) is 11.6 Å². The van der Waals surface area contributed by atoms with Crippen LogP contribution in [-0.4, -0.2) is 34.6 Å². The number of nitrogens with zero attached hydrogens (tertiary/aromatic N) is 4. The standard InChI is InChI=1S/C14H15ClN4/c1-18-6-5-11(9-18)19-12-4-2-3-10(8-16)14(12)17-13(19)7-15/h2-4,11H,5-7,9H2,1H3. The Morgan fingerprint density at radius 1 is 1.53 bits per heavy atom. The lowest BCUT2D eigenvalue weighted by Gasteiger charge is -2.16. The molecule has 1 aromatic heterocycles. The van der Waals surface area contributed by atoms with Crippen molar-refractivity contribution in [2.24, 2.45) is 0 Å². The van der Waals surface area contributed by atoms with Gasteiger partial charge in [0, 0.05) is 12.6 Å². The molecular weight excluding hydrogens is 260 g/mol. The van der Waals surface area contributed by atoms with Crippen LogP contribution < -0.4 is 0 Å². The highest BCUT2D eigenvalue weighted by molar-refractivity contribution is 6.16. The molecule has 1 aliphatic rings. The minimum Gasteiger partial charge on any atom is -0.322 e. The molecule has 0 bridgehead atoms. The van der Waals surface area contributed by atoms with Crippen molar-refractivity contribution in [2.75, 3.05) is 20.1 Å². The number of para-hydroxylation sites is 1. The van der Waals surface area contributed by atoms with Crippen LogP contribution in [-0.2, 0) is 5.88 Å². The van der Waals surface area contributed by atoms with Crippen LogP contribution in [0, 0.1) is 11.3 Å². The molecule has 2 aromatic rings. The van der Waals surface area contributed by atoms with E-state index in [0.29, 0.717) is 17.5 Å². The highest BCUT2D eigenvalue weighted by Crippen LogP contribution is 2.29. The molecule has 0 radical (unpaired) electrons. The number of aromatic nitrogens is 2. The predicted molar refractivity (Wildman–Crippen MR) is 75.2 cm³/mol. The van der Waals surface area contributed by atoms with E-state index in [-0.39, 0.29) is 0 Å². The Hall–Kier alpha value is -1.57. The van der Waals surface area contributed by atoms with Gasteiger partial charge in [-0.25, -0.2) is 4.98 Å². The van der Waals surface area contributed by atoms with Crippen LogP contribution in [0.15, 0.2) is 18.2 Å². The molecular formula is C14H15ClN4. The Bertz CT molecular complexity index is 655. The number of hydrogen-bond acceptors (Lipinski definition) is 3. The van der Waals surface area contributed by atoms with Gasteiger partial charge >= 0.3 is 0 Å². The van der Waals surface area contributed by atoms with Gasteiger partial charge in [0.1, 0.15) is 17.4 Å². The highest BCUT2D eigenvalue weighted by atomic mass is 35.5. The second-order valence-electron chi connectivity index (χ2n) is 5.02. The molecule has 0 saturated carbocycles. The van der Waals surface area contributed by atoms with Gasteiger partial charge in [0.15, 0.2) is 0 Å². The van der Waals surface area contributed by atoms with Crippen molar-refractivity contribution < 1.29 is 0 Å². The number of nitriles is 1. The second-order valence-corrected chi connectivity index (χ2v) is 5.29. The van der Waals surface area contributed by atoms with Crippen LogP contribution in [0.4, 0.5) is 0 Å². The van der Waals surface area contributed by atoms with Crippen molar-refractivity contribution in [3.8, 4) is 6.07 Å². The molecule has 0 aliphatic carbocycles. The summed E-state index contributed by atoms with van der Waals surface area (Å²) in [5.41, 5.74) is 2.42. The Morgan fingerprint density at radius 2 is 2.37 bits per heavy atom. The lowest BCUT2D eigenvalue weighted by atomic mass is 10.2. The average Bonchev–Trinajstić information content (AvgIpc) is 3.00. The smallest absolute Gasteiger partial charge is 0.125 e. The first kappa shape index (κ1) is 12.5. The quantitative estimate of drug-likeness (QED) is 0.791. The van der Waals surface area contributed by atoms with E-state index in [0.717, 1.165) is 36.4 Å². The second kappa shape index (κ2) is 4.84. The SMILES string of the molecule is CN1CCC(n2c(CCl)nc3c(C#N)cccc32)C1. The number of likely N-dealkylation sites (tertiary alicyclic amines) is 1. The van der Waals surface area contributed by atoms with E-state index >= 15 is 0 Å². The number of imidazole rings is 1. The van der Waals surface area contributed by atoms with Crippen molar-refractivity contribution in [3.63, 3.8) is 0 Å². The first-order chi connectivity index (χ1) is 9.24. The van der Waals surface area contributed by atoms with Gasteiger partial charge in [0.2, 0.25) is 0 Å². The molecule has 5 heteroatoms. The molecule has 2 heterocycles. The normalized spacial score (nSPS) is 19.9. The van der Waals surface area contributed by atoms with Crippen LogP contribution in [0.25, 0.3) is 11.0 Å². The summed E-state index contributed by atoms with van der Waals surface area (Å²) < 4.78 is 2.21. The van der Waals surface area contributed by atoms with Crippen LogP contribution in [0.3, 0.4) is 0 Å². The van der Waals surface area contributed by atoms with Crippen molar-refractivity contribution in [2.45, 2.75) is 18.3 Å². The van der Waals surface area contributed by atoms with Crippen LogP contribution in [0.1, 0.15) is 23.9 Å². The van der Waals surface area contributed by atoms with Crippen LogP contribution in [0.5, 0.6) is 0 Å². The Kier molecular flexibility index (Phi) is 3.17. The summed E-state index contributed by atoms with van der Waals surface area (Å²) >= 11 is 6.03. The van der Waals surface area contributed by atoms with E-state index < -0.39 is 0 Å². The summed E-state index contributed by atoms with van der Waals surface area (Å²) in [6.07, 6.45) is 1.10. The minimum atomic E-state index is 0.375. The van der Waals surface area contributed by atoms with E-state index in [2.05, 4.69) is 27.6 Å². The number of benzene rings is 1. The number of halogens is 1. The summed E-state index contributed by atoms with van der Waals surface area (Å²) in [6, 6.07) is 8.35. The number of fused-ring (bicyclic) bond motifs is 1. The first-order valence-electron chi connectivity index (χ1n) is 6.39. The number of likely N-dealkylation sites (N-methyl/N-ethyl adjacent to an activating group) is 1. The molecule has 1 atom stereocenters. The first-order valence-corrected chi connectivity index (χ1v) is 6.92. The van der Waals surface area contributed by atoms with E-state index in [9.17, 15) is 5.26 Å². The summed E-state index contributed by atoms with van der Waals surface area (Å²) in [5.74, 6) is 1.24. The summed E-state index contributed by atoms with van der Waals surface area (Å²) in [4.78, 5) is 6.87. The monoisotopic (exact) mass is 274 g/mol. The van der Waals surface area contributed by atoms with Crippen LogP contribution >= 0.6 is 11.6 Å². The lowest BCUT2D eigenvalue weighted by molar-refractivity contribution is 0.393. The fourth-order valence-electron chi connectivity index (χ4n) is 2.88. The molecule has 1 unspecified atom stereocenters. The van der Waals surface area contributed by atoms with Crippen molar-refractivity contribution in [3.05, 3.63) is 29.6 Å². The molecule has 0 spiro atoms. The van der Waals surface area contributed by atoms with Crippen molar-refractivity contribution >= 4 is 22.6 Å². The molecule has 0 amide bonds. The molecule has 3 rings (SSSR count). The third kappa shape index (κ3) is 1.99. The molecule has 0 N–H and O–H groups in total. The van der Waals surface area contributed by atoms with E-state index in [1.54, 1.807) is 6.07 Å². The Morgan fingerprint density at radius 3 is 3.00 bits per heavy atom. The van der Waals surface area contributed by atoms with Crippen molar-refractivity contribution in [1.82, 2.24) is 14.5 Å². The molecule has 1 aromatic carbocycles. The van der Waals surface area contributed by atoms with E-state index in [1.165, 1.54) is 0 Å². The molecule has 19 heavy (non-hydrogen) atoms. The van der Waals surface area contributed by atoms with Gasteiger partial charge in [-0.2, -0.15) is 5.26 Å². The minimum absolute atomic E-state index is 0.375. The van der Waals surface area contributed by atoms with Gasteiger partial charge < -0.3 is 9.47 Å². The van der Waals surface area contributed by atoms with Gasteiger partial charge in [-0.3, -0.25) is 0 Å². The number of alkyl halides is 1. The molecule has 1 fully saturated rings. The van der Waals surface area contributed by atoms with Gasteiger partial charge in [0.05, 0.1) is 17.0 Å². The van der Waals surface area contributed by atoms with Gasteiger partial charge in [-0.1, -0.05) is 6.07 Å². The van der Waals surface area contributed by atoms with Gasteiger partial charge in [-0.05, 0) is 32.1 Å². The fraction of sp³-hybridized carbons (Fsp3) is 0.429.